The van der Waals surface area contributed by atoms with Crippen LogP contribution < -0.4 is 32.5 Å². The van der Waals surface area contributed by atoms with E-state index in [-0.39, 0.29) is 25.2 Å². The third kappa shape index (κ3) is 5.17. The van der Waals surface area contributed by atoms with E-state index in [0.29, 0.717) is 23.3 Å². The Morgan fingerprint density at radius 2 is 2.19 bits per heavy atom. The number of anilines is 2. The van der Waals surface area contributed by atoms with Gasteiger partial charge in [0, 0.05) is 31.9 Å². The average Bonchev–Trinajstić information content (AvgIpc) is 3.18. The second-order valence-corrected chi connectivity index (χ2v) is 8.34. The Kier molecular flexibility index (Phi) is 7.52. The van der Waals surface area contributed by atoms with Crippen LogP contribution in [0.4, 0.5) is 11.5 Å². The number of thioether (sulfide) groups is 1. The zero-order valence-corrected chi connectivity index (χ0v) is 18.8. The van der Waals surface area contributed by atoms with E-state index < -0.39 is 11.2 Å². The predicted molar refractivity (Wildman–Crippen MR) is 126 cm³/mol. The molecule has 168 valence electrons. The minimum atomic E-state index is -0.439. The summed E-state index contributed by atoms with van der Waals surface area (Å²) in [5.74, 6) is 0.641. The molecular formula is C20H29N7O3S. The van der Waals surface area contributed by atoms with Crippen molar-refractivity contribution in [1.82, 2.24) is 14.5 Å². The van der Waals surface area contributed by atoms with Gasteiger partial charge in [-0.2, -0.15) is 0 Å². The highest BCUT2D eigenvalue weighted by molar-refractivity contribution is 8.12. The van der Waals surface area contributed by atoms with Crippen LogP contribution in [0.15, 0.2) is 38.4 Å². The molecule has 0 saturated carbocycles. The van der Waals surface area contributed by atoms with Gasteiger partial charge in [-0.25, -0.2) is 9.79 Å². The minimum absolute atomic E-state index is 0.0593. The zero-order valence-electron chi connectivity index (χ0n) is 18.0. The Balaban J connectivity index is 1.51. The van der Waals surface area contributed by atoms with Crippen LogP contribution in [-0.4, -0.2) is 58.2 Å². The molecule has 0 bridgehead atoms. The van der Waals surface area contributed by atoms with E-state index in [2.05, 4.69) is 40.8 Å². The fraction of sp³-hybridized carbons (Fsp3) is 0.500. The molecular weight excluding hydrogens is 418 g/mol. The van der Waals surface area contributed by atoms with Gasteiger partial charge in [-0.1, -0.05) is 25.2 Å². The summed E-state index contributed by atoms with van der Waals surface area (Å²) in [6, 6.07) is 0.224. The van der Waals surface area contributed by atoms with Gasteiger partial charge in [0.25, 0.3) is 11.5 Å². The fourth-order valence-corrected chi connectivity index (χ4v) is 4.24. The molecule has 1 amide bonds. The summed E-state index contributed by atoms with van der Waals surface area (Å²) < 4.78 is 2.38. The van der Waals surface area contributed by atoms with Gasteiger partial charge in [-0.15, -0.1) is 11.8 Å². The lowest BCUT2D eigenvalue weighted by molar-refractivity contribution is -0.116. The van der Waals surface area contributed by atoms with Crippen molar-refractivity contribution in [3.63, 3.8) is 0 Å². The van der Waals surface area contributed by atoms with E-state index in [9.17, 15) is 14.4 Å². The smallest absolute Gasteiger partial charge is 0.332 e. The van der Waals surface area contributed by atoms with Gasteiger partial charge in [0.1, 0.15) is 18.1 Å². The van der Waals surface area contributed by atoms with Crippen LogP contribution in [0.1, 0.15) is 13.3 Å². The Labute approximate surface area is 184 Å². The lowest BCUT2D eigenvalue weighted by Crippen LogP contribution is -2.40. The summed E-state index contributed by atoms with van der Waals surface area (Å²) in [5, 5.41) is 6.37. The molecule has 4 N–H and O–H groups in total. The number of hydrogen-bond acceptors (Lipinski definition) is 8. The van der Waals surface area contributed by atoms with E-state index in [1.54, 1.807) is 11.9 Å². The quantitative estimate of drug-likeness (QED) is 0.368. The Morgan fingerprint density at radius 1 is 1.42 bits per heavy atom. The summed E-state index contributed by atoms with van der Waals surface area (Å²) in [4.78, 5) is 42.3. The van der Waals surface area contributed by atoms with Crippen LogP contribution >= 0.6 is 11.8 Å². The van der Waals surface area contributed by atoms with Crippen molar-refractivity contribution in [1.29, 1.82) is 0 Å². The van der Waals surface area contributed by atoms with Gasteiger partial charge in [0.15, 0.2) is 0 Å². The average molecular weight is 448 g/mol. The number of amides is 1. The minimum Gasteiger partial charge on any atom is -0.352 e. The van der Waals surface area contributed by atoms with E-state index in [0.717, 1.165) is 23.1 Å². The number of rotatable bonds is 8. The Bertz CT molecular complexity index is 1040. The molecule has 1 aromatic rings. The lowest BCUT2D eigenvalue weighted by atomic mass is 9.99. The number of aromatic nitrogens is 2. The normalized spacial score (nSPS) is 18.8. The summed E-state index contributed by atoms with van der Waals surface area (Å²) in [7, 11) is 2.99. The second kappa shape index (κ2) is 10.1. The molecule has 2 aliphatic rings. The van der Waals surface area contributed by atoms with E-state index >= 15 is 0 Å². The molecule has 3 rings (SSSR count). The number of hydrogen-bond donors (Lipinski definition) is 3. The van der Waals surface area contributed by atoms with Crippen molar-refractivity contribution in [2.24, 2.45) is 24.8 Å². The molecule has 0 saturated heterocycles. The number of nitrogens with one attached hydrogen (secondary N) is 2. The third-order valence-corrected chi connectivity index (χ3v) is 6.10. The van der Waals surface area contributed by atoms with Gasteiger partial charge >= 0.3 is 5.69 Å². The summed E-state index contributed by atoms with van der Waals surface area (Å²) in [6.45, 7) is 3.21. The van der Waals surface area contributed by atoms with Crippen LogP contribution in [0.2, 0.25) is 0 Å². The highest BCUT2D eigenvalue weighted by Gasteiger charge is 2.27. The molecule has 2 unspecified atom stereocenters. The van der Waals surface area contributed by atoms with Crippen molar-refractivity contribution >= 4 is 34.7 Å². The monoisotopic (exact) mass is 447 g/mol. The standard InChI is InChI=1S/C20H29N7O3S/c1-4-22-14-7-5-13(6-8-14)15(21)10-31-12-24-16(28)9-27-11-23-18-17(27)19(29)26(3)20(30)25(18)2/h5-7,12,14-15,22-23H,4,8-11,21H2,1-3H3. The first-order chi connectivity index (χ1) is 14.8. The number of likely N-dealkylation sites (N-methyl/N-ethyl adjacent to an activating group) is 1. The van der Waals surface area contributed by atoms with Gasteiger partial charge in [-0.05, 0) is 18.5 Å². The van der Waals surface area contributed by atoms with Crippen LogP contribution in [0.3, 0.4) is 0 Å². The van der Waals surface area contributed by atoms with Crippen molar-refractivity contribution < 1.29 is 4.79 Å². The zero-order chi connectivity index (χ0) is 22.5. The number of aliphatic imine (C=N–C) groups is 1. The van der Waals surface area contributed by atoms with E-state index in [1.165, 1.54) is 28.9 Å². The molecule has 1 aliphatic carbocycles. The number of fused-ring (bicyclic) bond motifs is 1. The van der Waals surface area contributed by atoms with Crippen LogP contribution in [0.25, 0.3) is 0 Å². The van der Waals surface area contributed by atoms with Gasteiger partial charge in [-0.3, -0.25) is 18.7 Å². The maximum Gasteiger partial charge on any atom is 0.332 e. The highest BCUT2D eigenvalue weighted by Crippen LogP contribution is 2.25. The maximum absolute atomic E-state index is 12.5. The van der Waals surface area contributed by atoms with Crippen molar-refractivity contribution in [3.8, 4) is 0 Å². The molecule has 0 fully saturated rings. The summed E-state index contributed by atoms with van der Waals surface area (Å²) in [5.41, 5.74) is 8.26. The van der Waals surface area contributed by atoms with Gasteiger partial charge < -0.3 is 21.3 Å². The first-order valence-electron chi connectivity index (χ1n) is 10.2. The molecule has 1 aliphatic heterocycles. The van der Waals surface area contributed by atoms with Crippen molar-refractivity contribution in [3.05, 3.63) is 44.6 Å². The molecule has 31 heavy (non-hydrogen) atoms. The first-order valence-corrected chi connectivity index (χ1v) is 11.2. The Morgan fingerprint density at radius 3 is 2.87 bits per heavy atom. The van der Waals surface area contributed by atoms with Crippen molar-refractivity contribution in [2.75, 3.05) is 35.7 Å². The van der Waals surface area contributed by atoms with Gasteiger partial charge in [0.2, 0.25) is 0 Å². The molecule has 2 atom stereocenters. The SMILES string of the molecule is CCNC1C=CC(C(N)CSC=NC(=O)CN2CNc3c2c(=O)n(C)c(=O)n3C)=CC1. The molecule has 11 heteroatoms. The molecule has 0 aromatic carbocycles. The topological polar surface area (TPSA) is 127 Å². The maximum atomic E-state index is 12.5. The molecule has 0 radical (unpaired) electrons. The number of carbonyl (C=O) groups excluding carboxylic acids is 1. The predicted octanol–water partition coefficient (Wildman–Crippen LogP) is -0.247. The number of nitrogens with zero attached hydrogens (tertiary/aromatic N) is 4. The lowest BCUT2D eigenvalue weighted by Gasteiger charge is -2.20. The number of nitrogens with two attached hydrogens (primary N) is 1. The van der Waals surface area contributed by atoms with Gasteiger partial charge in [0.05, 0.1) is 12.2 Å². The van der Waals surface area contributed by atoms with Crippen LogP contribution in [0.5, 0.6) is 0 Å². The van der Waals surface area contributed by atoms with Crippen LogP contribution in [-0.2, 0) is 18.9 Å². The summed E-state index contributed by atoms with van der Waals surface area (Å²) in [6.07, 6.45) is 7.24. The van der Waals surface area contributed by atoms with E-state index in [1.807, 2.05) is 0 Å². The first kappa shape index (κ1) is 23.0. The highest BCUT2D eigenvalue weighted by atomic mass is 32.2. The number of carbonyl (C=O) groups is 1. The third-order valence-electron chi connectivity index (χ3n) is 5.29. The largest absolute Gasteiger partial charge is 0.352 e. The molecule has 2 heterocycles. The molecule has 0 spiro atoms. The molecule has 10 nitrogen and oxygen atoms in total. The van der Waals surface area contributed by atoms with Crippen molar-refractivity contribution in [2.45, 2.75) is 25.4 Å². The Hall–Kier alpha value is -2.63. The second-order valence-electron chi connectivity index (χ2n) is 7.47. The summed E-state index contributed by atoms with van der Waals surface area (Å²) >= 11 is 1.37. The van der Waals surface area contributed by atoms with E-state index in [4.69, 9.17) is 5.73 Å². The van der Waals surface area contributed by atoms with Crippen LogP contribution in [0, 0.1) is 0 Å². The fourth-order valence-electron chi connectivity index (χ4n) is 3.57. The molecule has 1 aromatic heterocycles.